The Labute approximate surface area is 170 Å². The average Bonchev–Trinajstić information content (AvgIpc) is 3.14. The van der Waals surface area contributed by atoms with E-state index in [-0.39, 0.29) is 12.4 Å². The van der Waals surface area contributed by atoms with Crippen LogP contribution in [0.4, 0.5) is 9.52 Å². The zero-order valence-corrected chi connectivity index (χ0v) is 16.2. The number of carbonyl (C=O) groups excluding carboxylic acids is 2. The van der Waals surface area contributed by atoms with Gasteiger partial charge in [0.2, 0.25) is 0 Å². The van der Waals surface area contributed by atoms with Gasteiger partial charge in [0.05, 0.1) is 15.8 Å². The predicted molar refractivity (Wildman–Crippen MR) is 113 cm³/mol. The number of benzene rings is 2. The average molecular weight is 410 g/mol. The summed E-state index contributed by atoms with van der Waals surface area (Å²) in [6.45, 7) is 2.31. The number of rotatable bonds is 3. The van der Waals surface area contributed by atoms with Crippen LogP contribution in [0, 0.1) is 5.82 Å². The van der Waals surface area contributed by atoms with Crippen LogP contribution in [0.2, 0.25) is 0 Å². The van der Waals surface area contributed by atoms with Gasteiger partial charge in [-0.3, -0.25) is 14.9 Å². The number of fused-ring (bicyclic) bond motifs is 4. The van der Waals surface area contributed by atoms with Gasteiger partial charge in [-0.25, -0.2) is 9.37 Å². The van der Waals surface area contributed by atoms with Gasteiger partial charge >= 0.3 is 0 Å². The SMILES string of the molecule is O=C(Nc1nc2ccc(F)cc2s1)C(=O)c1c2n(c3ccccc13)CCNCC2.[HH]. The smallest absolute Gasteiger partial charge is 0.298 e. The first-order chi connectivity index (χ1) is 14.1. The molecule has 4 aromatic rings. The van der Waals surface area contributed by atoms with E-state index in [0.717, 1.165) is 47.6 Å². The topological polar surface area (TPSA) is 76.0 Å². The molecule has 0 unspecified atom stereocenters. The maximum atomic E-state index is 13.4. The molecule has 1 aliphatic heterocycles. The Kier molecular flexibility index (Phi) is 4.37. The zero-order valence-electron chi connectivity index (χ0n) is 15.4. The highest BCUT2D eigenvalue weighted by molar-refractivity contribution is 7.22. The van der Waals surface area contributed by atoms with Crippen molar-refractivity contribution in [3.63, 3.8) is 0 Å². The van der Waals surface area contributed by atoms with E-state index < -0.39 is 11.7 Å². The lowest BCUT2D eigenvalue weighted by Gasteiger charge is -2.06. The number of ketones is 1. The van der Waals surface area contributed by atoms with E-state index in [9.17, 15) is 14.0 Å². The molecule has 0 atom stereocenters. The molecule has 1 amide bonds. The number of thiazole rings is 1. The van der Waals surface area contributed by atoms with Gasteiger partial charge in [-0.15, -0.1) is 0 Å². The fourth-order valence-electron chi connectivity index (χ4n) is 3.87. The Bertz CT molecular complexity index is 1280. The lowest BCUT2D eigenvalue weighted by molar-refractivity contribution is -0.112. The van der Waals surface area contributed by atoms with Crippen LogP contribution >= 0.6 is 11.3 Å². The second kappa shape index (κ2) is 7.06. The van der Waals surface area contributed by atoms with E-state index in [0.29, 0.717) is 22.2 Å². The molecule has 0 saturated carbocycles. The Morgan fingerprint density at radius 1 is 1.21 bits per heavy atom. The lowest BCUT2D eigenvalue weighted by Crippen LogP contribution is -2.24. The van der Waals surface area contributed by atoms with Crippen molar-refractivity contribution in [1.82, 2.24) is 14.9 Å². The van der Waals surface area contributed by atoms with Gasteiger partial charge in [0.15, 0.2) is 5.13 Å². The van der Waals surface area contributed by atoms with Crippen molar-refractivity contribution in [3.8, 4) is 0 Å². The summed E-state index contributed by atoms with van der Waals surface area (Å²) >= 11 is 1.14. The van der Waals surface area contributed by atoms with Crippen LogP contribution in [0.25, 0.3) is 21.1 Å². The highest BCUT2D eigenvalue weighted by atomic mass is 32.1. The Morgan fingerprint density at radius 3 is 2.97 bits per heavy atom. The first-order valence-corrected chi connectivity index (χ1v) is 10.2. The van der Waals surface area contributed by atoms with E-state index >= 15 is 0 Å². The summed E-state index contributed by atoms with van der Waals surface area (Å²) in [4.78, 5) is 30.2. The van der Waals surface area contributed by atoms with Gasteiger partial charge in [-0.1, -0.05) is 29.5 Å². The van der Waals surface area contributed by atoms with Gasteiger partial charge in [0, 0.05) is 44.1 Å². The quantitative estimate of drug-likeness (QED) is 0.400. The maximum Gasteiger partial charge on any atom is 0.298 e. The number of carbonyl (C=O) groups is 2. The third-order valence-electron chi connectivity index (χ3n) is 5.13. The molecule has 29 heavy (non-hydrogen) atoms. The number of hydrogen-bond donors (Lipinski definition) is 2. The molecule has 2 N–H and O–H groups in total. The summed E-state index contributed by atoms with van der Waals surface area (Å²) in [5, 5.41) is 6.99. The molecule has 0 saturated heterocycles. The van der Waals surface area contributed by atoms with E-state index in [1.54, 1.807) is 6.07 Å². The van der Waals surface area contributed by atoms with E-state index in [4.69, 9.17) is 0 Å². The molecule has 148 valence electrons. The standard InChI is InChI=1S/C21H17FN4O2S.H2/c22-12-5-6-14-17(11-12)29-21(24-14)25-20(28)19(27)18-13-3-1-2-4-15(13)26-10-9-23-8-7-16(18)26;/h1-6,11,23H,7-10H2,(H,24,25,28);1H. The van der Waals surface area contributed by atoms with Gasteiger partial charge < -0.3 is 9.88 Å². The summed E-state index contributed by atoms with van der Waals surface area (Å²) in [5.74, 6) is -1.69. The number of aromatic nitrogens is 2. The highest BCUT2D eigenvalue weighted by Gasteiger charge is 2.28. The summed E-state index contributed by atoms with van der Waals surface area (Å²) in [6.07, 6.45) is 0.670. The molecule has 0 bridgehead atoms. The Hall–Kier alpha value is -3.10. The number of nitrogens with zero attached hydrogens (tertiary/aromatic N) is 2. The number of para-hydroxylation sites is 1. The van der Waals surface area contributed by atoms with Gasteiger partial charge in [-0.2, -0.15) is 0 Å². The van der Waals surface area contributed by atoms with Gasteiger partial charge in [0.1, 0.15) is 5.82 Å². The van der Waals surface area contributed by atoms with Crippen LogP contribution in [0.1, 0.15) is 17.5 Å². The van der Waals surface area contributed by atoms with Crippen LogP contribution in [-0.2, 0) is 17.8 Å². The molecule has 0 spiro atoms. The molecule has 6 nitrogen and oxygen atoms in total. The van der Waals surface area contributed by atoms with Crippen LogP contribution < -0.4 is 10.6 Å². The molecule has 0 aliphatic carbocycles. The normalized spacial score (nSPS) is 14.0. The first kappa shape index (κ1) is 18.0. The van der Waals surface area contributed by atoms with Crippen LogP contribution in [0.3, 0.4) is 0 Å². The molecule has 2 aromatic carbocycles. The predicted octanol–water partition coefficient (Wildman–Crippen LogP) is 3.60. The minimum atomic E-state index is -0.735. The van der Waals surface area contributed by atoms with E-state index in [2.05, 4.69) is 20.2 Å². The minimum absolute atomic E-state index is 0. The lowest BCUT2D eigenvalue weighted by atomic mass is 10.0. The molecule has 0 fully saturated rings. The minimum Gasteiger partial charge on any atom is -0.343 e. The van der Waals surface area contributed by atoms with Crippen molar-refractivity contribution in [2.75, 3.05) is 18.4 Å². The number of halogens is 1. The zero-order chi connectivity index (χ0) is 20.0. The largest absolute Gasteiger partial charge is 0.343 e. The number of hydrogen-bond acceptors (Lipinski definition) is 5. The van der Waals surface area contributed by atoms with Crippen LogP contribution in [0.15, 0.2) is 42.5 Å². The molecule has 5 rings (SSSR count). The Morgan fingerprint density at radius 2 is 2.07 bits per heavy atom. The molecule has 1 aliphatic rings. The van der Waals surface area contributed by atoms with Crippen molar-refractivity contribution in [3.05, 3.63) is 59.5 Å². The monoisotopic (exact) mass is 410 g/mol. The van der Waals surface area contributed by atoms with Crippen LogP contribution in [0.5, 0.6) is 0 Å². The van der Waals surface area contributed by atoms with Gasteiger partial charge in [-0.05, 0) is 24.3 Å². The fraction of sp³-hybridized carbons (Fsp3) is 0.190. The van der Waals surface area contributed by atoms with Crippen molar-refractivity contribution in [2.45, 2.75) is 13.0 Å². The Balaban J connectivity index is 0.00000218. The molecule has 8 heteroatoms. The van der Waals surface area contributed by atoms with Crippen molar-refractivity contribution >= 4 is 49.3 Å². The van der Waals surface area contributed by atoms with Gasteiger partial charge in [0.25, 0.3) is 11.7 Å². The van der Waals surface area contributed by atoms with Crippen molar-refractivity contribution < 1.29 is 15.4 Å². The maximum absolute atomic E-state index is 13.4. The third kappa shape index (κ3) is 3.10. The molecule has 3 heterocycles. The summed E-state index contributed by atoms with van der Waals surface area (Å²) in [7, 11) is 0. The summed E-state index contributed by atoms with van der Waals surface area (Å²) < 4.78 is 16.1. The fourth-order valence-corrected chi connectivity index (χ4v) is 4.75. The summed E-state index contributed by atoms with van der Waals surface area (Å²) in [6, 6.07) is 11.9. The number of Topliss-reactive ketones (excluding diaryl/α,β-unsaturated/α-hetero) is 1. The van der Waals surface area contributed by atoms with E-state index in [1.807, 2.05) is 24.3 Å². The molecule has 2 aromatic heterocycles. The van der Waals surface area contributed by atoms with Crippen LogP contribution in [-0.4, -0.2) is 34.3 Å². The second-order valence-electron chi connectivity index (χ2n) is 6.90. The molecular formula is C21H19FN4O2S. The number of amides is 1. The first-order valence-electron chi connectivity index (χ1n) is 9.34. The molecule has 0 radical (unpaired) electrons. The van der Waals surface area contributed by atoms with Crippen molar-refractivity contribution in [1.29, 1.82) is 0 Å². The summed E-state index contributed by atoms with van der Waals surface area (Å²) in [5.41, 5.74) is 2.86. The second-order valence-corrected chi connectivity index (χ2v) is 7.94. The highest BCUT2D eigenvalue weighted by Crippen LogP contribution is 2.30. The number of nitrogens with one attached hydrogen (secondary N) is 2. The molecular weight excluding hydrogens is 391 g/mol. The third-order valence-corrected chi connectivity index (χ3v) is 6.07. The number of anilines is 1. The van der Waals surface area contributed by atoms with Crippen molar-refractivity contribution in [2.24, 2.45) is 0 Å². The van der Waals surface area contributed by atoms with E-state index in [1.165, 1.54) is 12.1 Å².